The third kappa shape index (κ3) is 5.80. The van der Waals surface area contributed by atoms with Crippen LogP contribution in [0.2, 0.25) is 0 Å². The minimum atomic E-state index is 0.749. The van der Waals surface area contributed by atoms with Gasteiger partial charge in [-0.2, -0.15) is 0 Å². The number of methoxy groups -OCH3 is 1. The molecule has 0 amide bonds. The van der Waals surface area contributed by atoms with Crippen molar-refractivity contribution in [1.82, 2.24) is 4.90 Å². The van der Waals surface area contributed by atoms with Crippen LogP contribution in [0.1, 0.15) is 19.3 Å². The van der Waals surface area contributed by atoms with Gasteiger partial charge in [-0.1, -0.05) is 0 Å². The Labute approximate surface area is 99.1 Å². The molecule has 4 heteroatoms. The largest absolute Gasteiger partial charge is 0.385 e. The molecule has 0 saturated carbocycles. The number of hydrogen-bond acceptors (Lipinski definition) is 4. The summed E-state index contributed by atoms with van der Waals surface area (Å²) < 4.78 is 10.5. The summed E-state index contributed by atoms with van der Waals surface area (Å²) >= 11 is 0. The molecule has 0 spiro atoms. The van der Waals surface area contributed by atoms with Crippen LogP contribution in [-0.4, -0.2) is 58.0 Å². The molecule has 0 aromatic rings. The number of ether oxygens (including phenoxy) is 2. The number of nitrogens with two attached hydrogens (primary N) is 1. The van der Waals surface area contributed by atoms with E-state index in [9.17, 15) is 0 Å². The molecular formula is C12H26N2O2. The van der Waals surface area contributed by atoms with E-state index in [4.69, 9.17) is 15.2 Å². The highest BCUT2D eigenvalue weighted by Gasteiger charge is 2.17. The predicted molar refractivity (Wildman–Crippen MR) is 65.5 cm³/mol. The maximum Gasteiger partial charge on any atom is 0.0593 e. The van der Waals surface area contributed by atoms with E-state index in [1.807, 2.05) is 0 Å². The van der Waals surface area contributed by atoms with Crippen LogP contribution in [0.4, 0.5) is 0 Å². The van der Waals surface area contributed by atoms with Gasteiger partial charge >= 0.3 is 0 Å². The molecule has 1 saturated heterocycles. The first kappa shape index (κ1) is 13.9. The van der Waals surface area contributed by atoms with E-state index >= 15 is 0 Å². The van der Waals surface area contributed by atoms with Gasteiger partial charge in [0.05, 0.1) is 6.61 Å². The minimum absolute atomic E-state index is 0.749. The molecule has 96 valence electrons. The van der Waals surface area contributed by atoms with Gasteiger partial charge in [-0.15, -0.1) is 0 Å². The third-order valence-electron chi connectivity index (χ3n) is 3.23. The Bertz CT molecular complexity index is 159. The maximum absolute atomic E-state index is 5.66. The Balaban J connectivity index is 1.90. The third-order valence-corrected chi connectivity index (χ3v) is 3.23. The molecule has 1 rings (SSSR count). The van der Waals surface area contributed by atoms with Gasteiger partial charge in [0.1, 0.15) is 0 Å². The first-order chi connectivity index (χ1) is 7.86. The summed E-state index contributed by atoms with van der Waals surface area (Å²) in [5, 5.41) is 0. The van der Waals surface area contributed by atoms with E-state index in [1.54, 1.807) is 7.11 Å². The van der Waals surface area contributed by atoms with Crippen LogP contribution >= 0.6 is 0 Å². The first-order valence-electron chi connectivity index (χ1n) is 6.36. The van der Waals surface area contributed by atoms with Gasteiger partial charge in [-0.25, -0.2) is 0 Å². The molecular weight excluding hydrogens is 204 g/mol. The van der Waals surface area contributed by atoms with Gasteiger partial charge in [-0.3, -0.25) is 0 Å². The van der Waals surface area contributed by atoms with Crippen molar-refractivity contribution in [2.75, 3.05) is 53.1 Å². The average Bonchev–Trinajstić information content (AvgIpc) is 2.34. The summed E-state index contributed by atoms with van der Waals surface area (Å²) in [6.45, 7) is 6.73. The number of rotatable bonds is 8. The van der Waals surface area contributed by atoms with Crippen LogP contribution in [0.15, 0.2) is 0 Å². The SMILES string of the molecule is COCCCOCCN1CCC(CN)CC1. The fourth-order valence-corrected chi connectivity index (χ4v) is 2.05. The number of hydrogen-bond donors (Lipinski definition) is 1. The van der Waals surface area contributed by atoms with Gasteiger partial charge in [0.15, 0.2) is 0 Å². The Morgan fingerprint density at radius 3 is 2.56 bits per heavy atom. The molecule has 0 radical (unpaired) electrons. The molecule has 0 bridgehead atoms. The van der Waals surface area contributed by atoms with E-state index < -0.39 is 0 Å². The maximum atomic E-state index is 5.66. The van der Waals surface area contributed by atoms with Crippen molar-refractivity contribution in [2.24, 2.45) is 11.7 Å². The fraction of sp³-hybridized carbons (Fsp3) is 1.00. The Hall–Kier alpha value is -0.160. The zero-order chi connectivity index (χ0) is 11.6. The Morgan fingerprint density at radius 2 is 1.94 bits per heavy atom. The van der Waals surface area contributed by atoms with Crippen LogP contribution in [0.3, 0.4) is 0 Å². The quantitative estimate of drug-likeness (QED) is 0.624. The van der Waals surface area contributed by atoms with Crippen molar-refractivity contribution in [1.29, 1.82) is 0 Å². The summed E-state index contributed by atoms with van der Waals surface area (Å²) in [6.07, 6.45) is 3.49. The highest BCUT2D eigenvalue weighted by atomic mass is 16.5. The first-order valence-corrected chi connectivity index (χ1v) is 6.36. The highest BCUT2D eigenvalue weighted by Crippen LogP contribution is 2.15. The molecule has 0 aliphatic carbocycles. The lowest BCUT2D eigenvalue weighted by atomic mass is 9.97. The van der Waals surface area contributed by atoms with Crippen molar-refractivity contribution in [2.45, 2.75) is 19.3 Å². The summed E-state index contributed by atoms with van der Waals surface area (Å²) in [4.78, 5) is 2.47. The van der Waals surface area contributed by atoms with Crippen molar-refractivity contribution in [3.8, 4) is 0 Å². The summed E-state index contributed by atoms with van der Waals surface area (Å²) in [5.41, 5.74) is 5.66. The van der Waals surface area contributed by atoms with E-state index in [0.717, 1.165) is 45.2 Å². The molecule has 0 aromatic carbocycles. The van der Waals surface area contributed by atoms with Gasteiger partial charge in [0.2, 0.25) is 0 Å². The Kier molecular flexibility index (Phi) is 7.76. The van der Waals surface area contributed by atoms with E-state index in [2.05, 4.69) is 4.90 Å². The fourth-order valence-electron chi connectivity index (χ4n) is 2.05. The normalized spacial score (nSPS) is 19.1. The molecule has 4 nitrogen and oxygen atoms in total. The molecule has 16 heavy (non-hydrogen) atoms. The molecule has 1 aliphatic rings. The zero-order valence-corrected chi connectivity index (χ0v) is 10.5. The van der Waals surface area contributed by atoms with Crippen LogP contribution in [0.5, 0.6) is 0 Å². The smallest absolute Gasteiger partial charge is 0.0593 e. The van der Waals surface area contributed by atoms with Gasteiger partial charge in [-0.05, 0) is 44.8 Å². The average molecular weight is 230 g/mol. The van der Waals surface area contributed by atoms with Crippen LogP contribution < -0.4 is 5.73 Å². The summed E-state index contributed by atoms with van der Waals surface area (Å²) in [6, 6.07) is 0. The van der Waals surface area contributed by atoms with Crippen LogP contribution in [0.25, 0.3) is 0 Å². The van der Waals surface area contributed by atoms with Crippen molar-refractivity contribution < 1.29 is 9.47 Å². The van der Waals surface area contributed by atoms with E-state index in [-0.39, 0.29) is 0 Å². The van der Waals surface area contributed by atoms with E-state index in [1.165, 1.54) is 25.9 Å². The standard InChI is InChI=1S/C12H26N2O2/c1-15-8-2-9-16-10-7-14-5-3-12(11-13)4-6-14/h12H,2-11,13H2,1H3. The molecule has 2 N–H and O–H groups in total. The van der Waals surface area contributed by atoms with Crippen molar-refractivity contribution >= 4 is 0 Å². The molecule has 1 aliphatic heterocycles. The Morgan fingerprint density at radius 1 is 1.19 bits per heavy atom. The van der Waals surface area contributed by atoms with Crippen molar-refractivity contribution in [3.05, 3.63) is 0 Å². The van der Waals surface area contributed by atoms with Gasteiger partial charge in [0, 0.05) is 26.9 Å². The molecule has 0 atom stereocenters. The van der Waals surface area contributed by atoms with Crippen LogP contribution in [-0.2, 0) is 9.47 Å². The second-order valence-electron chi connectivity index (χ2n) is 4.48. The van der Waals surface area contributed by atoms with Crippen molar-refractivity contribution in [3.63, 3.8) is 0 Å². The number of nitrogens with zero attached hydrogens (tertiary/aromatic N) is 1. The number of piperidine rings is 1. The number of likely N-dealkylation sites (tertiary alicyclic amines) is 1. The van der Waals surface area contributed by atoms with Gasteiger partial charge in [0.25, 0.3) is 0 Å². The molecule has 1 fully saturated rings. The molecule has 1 heterocycles. The van der Waals surface area contributed by atoms with Crippen LogP contribution in [0, 0.1) is 5.92 Å². The second-order valence-corrected chi connectivity index (χ2v) is 4.48. The van der Waals surface area contributed by atoms with Gasteiger partial charge < -0.3 is 20.1 Å². The predicted octanol–water partition coefficient (Wildman–Crippen LogP) is 0.710. The minimum Gasteiger partial charge on any atom is -0.385 e. The zero-order valence-electron chi connectivity index (χ0n) is 10.5. The second kappa shape index (κ2) is 8.93. The molecule has 0 unspecified atom stereocenters. The lowest BCUT2D eigenvalue weighted by Gasteiger charge is -2.31. The topological polar surface area (TPSA) is 47.7 Å². The lowest BCUT2D eigenvalue weighted by molar-refractivity contribution is 0.0743. The van der Waals surface area contributed by atoms with E-state index in [0.29, 0.717) is 0 Å². The highest BCUT2D eigenvalue weighted by molar-refractivity contribution is 4.72. The summed E-state index contributed by atoms with van der Waals surface area (Å²) in [7, 11) is 1.72. The summed E-state index contributed by atoms with van der Waals surface area (Å²) in [5.74, 6) is 0.749. The lowest BCUT2D eigenvalue weighted by Crippen LogP contribution is -2.37. The molecule has 0 aromatic heterocycles. The monoisotopic (exact) mass is 230 g/mol.